The van der Waals surface area contributed by atoms with Crippen molar-refractivity contribution in [3.8, 4) is 11.5 Å². The van der Waals surface area contributed by atoms with Crippen LogP contribution in [0.5, 0.6) is 11.5 Å². The minimum atomic E-state index is -2.93. The summed E-state index contributed by atoms with van der Waals surface area (Å²) in [7, 11) is 2.33. The van der Waals surface area contributed by atoms with Crippen LogP contribution in [0.1, 0.15) is 31.2 Å². The highest BCUT2D eigenvalue weighted by Crippen LogP contribution is 2.40. The second-order valence-corrected chi connectivity index (χ2v) is 8.37. The van der Waals surface area contributed by atoms with E-state index in [1.165, 1.54) is 6.20 Å². The molecule has 2 aliphatic rings. The number of alkyl halides is 2. The molecule has 0 saturated heterocycles. The fraction of sp³-hybridized carbons (Fsp3) is 0.500. The molecule has 2 atom stereocenters. The highest BCUT2D eigenvalue weighted by molar-refractivity contribution is 6.06. The molecule has 1 aliphatic carbocycles. The maximum Gasteiger partial charge on any atom is 0.330 e. The molecule has 1 aromatic heterocycles. The predicted octanol–water partition coefficient (Wildman–Crippen LogP) is 3.67. The summed E-state index contributed by atoms with van der Waals surface area (Å²) in [6.45, 7) is -1.40. The van der Waals surface area contributed by atoms with Gasteiger partial charge in [0.25, 0.3) is 6.43 Å². The number of halogens is 4. The van der Waals surface area contributed by atoms with Gasteiger partial charge in [0.05, 0.1) is 27.3 Å². The Morgan fingerprint density at radius 2 is 1.83 bits per heavy atom. The monoisotopic (exact) mass is 498 g/mol. The molecule has 9 nitrogen and oxygen atoms in total. The van der Waals surface area contributed by atoms with Crippen molar-refractivity contribution in [2.75, 3.05) is 35.9 Å². The molecule has 1 aliphatic heterocycles. The second kappa shape index (κ2) is 10.1. The number of hydrogen-bond donors (Lipinski definition) is 2. The lowest BCUT2D eigenvalue weighted by molar-refractivity contribution is 0.154. The SMILES string of the molecule is COc1cc(OC)c(F)c(N2Cc3cnc(NC4CCCCC4N)nc3N(CC(F)F)C2=O)c1F. The van der Waals surface area contributed by atoms with E-state index in [1.807, 2.05) is 0 Å². The molecule has 2 heterocycles. The van der Waals surface area contributed by atoms with Crippen LogP contribution < -0.4 is 30.3 Å². The molecule has 0 bridgehead atoms. The number of rotatable bonds is 7. The molecule has 190 valence electrons. The van der Waals surface area contributed by atoms with Gasteiger partial charge < -0.3 is 20.5 Å². The van der Waals surface area contributed by atoms with E-state index in [2.05, 4.69) is 15.3 Å². The molecule has 35 heavy (non-hydrogen) atoms. The van der Waals surface area contributed by atoms with Crippen molar-refractivity contribution in [3.63, 3.8) is 0 Å². The van der Waals surface area contributed by atoms with Crippen LogP contribution in [0.4, 0.5) is 39.8 Å². The zero-order chi connectivity index (χ0) is 25.3. The molecule has 2 amide bonds. The molecule has 3 N–H and O–H groups in total. The van der Waals surface area contributed by atoms with Gasteiger partial charge in [-0.2, -0.15) is 4.98 Å². The Morgan fingerprint density at radius 3 is 2.43 bits per heavy atom. The number of carbonyl (C=O) groups excluding carboxylic acids is 1. The summed E-state index contributed by atoms with van der Waals surface area (Å²) in [6, 6.07) is -0.310. The van der Waals surface area contributed by atoms with Crippen LogP contribution >= 0.6 is 0 Å². The molecule has 2 unspecified atom stereocenters. The van der Waals surface area contributed by atoms with Gasteiger partial charge >= 0.3 is 6.03 Å². The molecule has 4 rings (SSSR count). The standard InChI is InChI=1S/C22H26F4N6O3/c1-34-14-7-15(35-2)18(26)19(17(14)25)31-9-11-8-28-21(29-13-6-4-3-5-12(13)27)30-20(11)32(22(31)33)10-16(23)24/h7-8,12-13,16H,3-6,9-10,27H2,1-2H3,(H,28,29,30). The number of benzene rings is 1. The van der Waals surface area contributed by atoms with Crippen molar-refractivity contribution >= 4 is 23.5 Å². The fourth-order valence-corrected chi connectivity index (χ4v) is 4.38. The lowest BCUT2D eigenvalue weighted by Gasteiger charge is -2.36. The van der Waals surface area contributed by atoms with Crippen LogP contribution in [0.2, 0.25) is 0 Å². The fourth-order valence-electron chi connectivity index (χ4n) is 4.38. The first-order valence-electron chi connectivity index (χ1n) is 11.1. The average Bonchev–Trinajstić information content (AvgIpc) is 2.83. The summed E-state index contributed by atoms with van der Waals surface area (Å²) in [4.78, 5) is 23.2. The normalized spacial score (nSPS) is 20.2. The van der Waals surface area contributed by atoms with Crippen molar-refractivity contribution < 1.29 is 31.8 Å². The quantitative estimate of drug-likeness (QED) is 0.561. The van der Waals surface area contributed by atoms with Gasteiger partial charge in [0, 0.05) is 29.9 Å². The first-order chi connectivity index (χ1) is 16.7. The Labute approximate surface area is 199 Å². The van der Waals surface area contributed by atoms with E-state index in [1.54, 1.807) is 0 Å². The highest BCUT2D eigenvalue weighted by Gasteiger charge is 2.39. The Morgan fingerprint density at radius 1 is 1.17 bits per heavy atom. The number of anilines is 3. The number of aromatic nitrogens is 2. The maximum absolute atomic E-state index is 15.1. The zero-order valence-electron chi connectivity index (χ0n) is 19.2. The van der Waals surface area contributed by atoms with Gasteiger partial charge in [-0.05, 0) is 12.8 Å². The summed E-state index contributed by atoms with van der Waals surface area (Å²) in [5.74, 6) is -3.04. The number of nitrogens with zero attached hydrogens (tertiary/aromatic N) is 4. The third-order valence-electron chi connectivity index (χ3n) is 6.16. The number of urea groups is 1. The molecule has 13 heteroatoms. The van der Waals surface area contributed by atoms with Crippen LogP contribution in [0, 0.1) is 11.6 Å². The van der Waals surface area contributed by atoms with Gasteiger partial charge in [0.15, 0.2) is 23.1 Å². The van der Waals surface area contributed by atoms with Crippen LogP contribution in [0.3, 0.4) is 0 Å². The summed E-state index contributed by atoms with van der Waals surface area (Å²) >= 11 is 0. The Balaban J connectivity index is 1.74. The van der Waals surface area contributed by atoms with Crippen molar-refractivity contribution in [1.82, 2.24) is 9.97 Å². The second-order valence-electron chi connectivity index (χ2n) is 8.37. The van der Waals surface area contributed by atoms with Crippen LogP contribution in [-0.2, 0) is 6.54 Å². The van der Waals surface area contributed by atoms with E-state index in [9.17, 15) is 13.6 Å². The largest absolute Gasteiger partial charge is 0.493 e. The highest BCUT2D eigenvalue weighted by atomic mass is 19.3. The number of fused-ring (bicyclic) bond motifs is 1. The zero-order valence-corrected chi connectivity index (χ0v) is 19.2. The molecular formula is C22H26F4N6O3. The van der Waals surface area contributed by atoms with E-state index in [0.717, 1.165) is 46.0 Å². The maximum atomic E-state index is 15.1. The van der Waals surface area contributed by atoms with Gasteiger partial charge in [-0.1, -0.05) is 12.8 Å². The minimum Gasteiger partial charge on any atom is -0.493 e. The molecule has 0 radical (unpaired) electrons. The smallest absolute Gasteiger partial charge is 0.330 e. The summed E-state index contributed by atoms with van der Waals surface area (Å²) in [6.07, 6.45) is 2.02. The number of nitrogens with one attached hydrogen (secondary N) is 1. The van der Waals surface area contributed by atoms with Crippen molar-refractivity contribution in [1.29, 1.82) is 0 Å². The predicted molar refractivity (Wildman–Crippen MR) is 120 cm³/mol. The average molecular weight is 498 g/mol. The molecular weight excluding hydrogens is 472 g/mol. The third-order valence-corrected chi connectivity index (χ3v) is 6.16. The van der Waals surface area contributed by atoms with Gasteiger partial charge in [-0.25, -0.2) is 27.3 Å². The lowest BCUT2D eigenvalue weighted by Crippen LogP contribution is -2.50. The van der Waals surface area contributed by atoms with E-state index in [4.69, 9.17) is 15.2 Å². The topological polar surface area (TPSA) is 106 Å². The Hall–Kier alpha value is -3.35. The van der Waals surface area contributed by atoms with E-state index in [0.29, 0.717) is 9.80 Å². The van der Waals surface area contributed by atoms with Gasteiger partial charge in [-0.15, -0.1) is 0 Å². The van der Waals surface area contributed by atoms with E-state index >= 15 is 8.78 Å². The van der Waals surface area contributed by atoms with Crippen molar-refractivity contribution in [3.05, 3.63) is 29.5 Å². The summed E-state index contributed by atoms with van der Waals surface area (Å²) < 4.78 is 67.0. The Bertz CT molecular complexity index is 1080. The number of methoxy groups -OCH3 is 2. The van der Waals surface area contributed by atoms with Gasteiger partial charge in [-0.3, -0.25) is 9.80 Å². The van der Waals surface area contributed by atoms with Gasteiger partial charge in [0.1, 0.15) is 11.5 Å². The van der Waals surface area contributed by atoms with Crippen LogP contribution in [-0.4, -0.2) is 55.3 Å². The number of hydrogen-bond acceptors (Lipinski definition) is 7. The lowest BCUT2D eigenvalue weighted by atomic mass is 9.91. The molecule has 1 saturated carbocycles. The third kappa shape index (κ3) is 4.77. The number of nitrogens with two attached hydrogens (primary N) is 1. The summed E-state index contributed by atoms with van der Waals surface area (Å²) in [5, 5.41) is 3.12. The van der Waals surface area contributed by atoms with Gasteiger partial charge in [0.2, 0.25) is 5.95 Å². The van der Waals surface area contributed by atoms with E-state index < -0.39 is 36.3 Å². The number of ether oxygens (including phenoxy) is 2. The summed E-state index contributed by atoms with van der Waals surface area (Å²) in [5.41, 5.74) is 5.60. The molecule has 1 aromatic carbocycles. The minimum absolute atomic E-state index is 0.0656. The van der Waals surface area contributed by atoms with Crippen LogP contribution in [0.25, 0.3) is 0 Å². The Kier molecular flexibility index (Phi) is 7.15. The molecule has 1 fully saturated rings. The molecule has 2 aromatic rings. The molecule has 0 spiro atoms. The number of carbonyl (C=O) groups is 1. The first-order valence-corrected chi connectivity index (χ1v) is 11.1. The number of amides is 2. The van der Waals surface area contributed by atoms with Crippen molar-refractivity contribution in [2.45, 2.75) is 50.7 Å². The van der Waals surface area contributed by atoms with E-state index in [-0.39, 0.29) is 47.5 Å². The van der Waals surface area contributed by atoms with Crippen LogP contribution in [0.15, 0.2) is 12.3 Å². The van der Waals surface area contributed by atoms with Crippen molar-refractivity contribution in [2.24, 2.45) is 5.73 Å². The first kappa shape index (κ1) is 24.8.